The summed E-state index contributed by atoms with van der Waals surface area (Å²) in [7, 11) is 0. The molecule has 6 nitrogen and oxygen atoms in total. The smallest absolute Gasteiger partial charge is 0.436 e. The predicted octanol–water partition coefficient (Wildman–Crippen LogP) is 6.32. The number of aromatic nitrogens is 2. The second kappa shape index (κ2) is 11.0. The van der Waals surface area contributed by atoms with Crippen molar-refractivity contribution >= 4 is 51.2 Å². The molecule has 35 heavy (non-hydrogen) atoms. The number of thiophene rings is 1. The van der Waals surface area contributed by atoms with E-state index in [0.717, 1.165) is 50.5 Å². The lowest BCUT2D eigenvalue weighted by atomic mass is 10.1. The minimum atomic E-state index is -4.58. The summed E-state index contributed by atoms with van der Waals surface area (Å²) in [6.45, 7) is 2.79. The molecule has 2 aliphatic rings. The van der Waals surface area contributed by atoms with Crippen LogP contribution >= 0.6 is 35.2 Å². The van der Waals surface area contributed by atoms with Gasteiger partial charge in [0.1, 0.15) is 5.00 Å². The quantitative estimate of drug-likeness (QED) is 0.174. The lowest BCUT2D eigenvalue weighted by molar-refractivity contribution is -0.141. The van der Waals surface area contributed by atoms with Crippen LogP contribution in [0.3, 0.4) is 0 Å². The zero-order valence-corrected chi connectivity index (χ0v) is 21.8. The van der Waals surface area contributed by atoms with Crippen LogP contribution in [0.25, 0.3) is 0 Å². The van der Waals surface area contributed by atoms with Gasteiger partial charge >= 0.3 is 12.1 Å². The van der Waals surface area contributed by atoms with E-state index in [-0.39, 0.29) is 16.9 Å². The molecule has 2 aromatic heterocycles. The number of thiocarbonyl (C=S) groups is 1. The number of hydrogen-bond acceptors (Lipinski definition) is 5. The Morgan fingerprint density at radius 2 is 2.03 bits per heavy atom. The van der Waals surface area contributed by atoms with E-state index in [1.807, 2.05) is 0 Å². The minimum Gasteiger partial charge on any atom is -0.462 e. The molecule has 0 aromatic carbocycles. The molecule has 2 heterocycles. The number of hydrogen-bond donors (Lipinski definition) is 2. The largest absolute Gasteiger partial charge is 0.462 e. The maximum atomic E-state index is 13.2. The number of ether oxygens (including phenoxy) is 1. The highest BCUT2D eigenvalue weighted by Crippen LogP contribution is 2.47. The molecule has 2 aromatic rings. The van der Waals surface area contributed by atoms with Crippen LogP contribution in [-0.2, 0) is 30.3 Å². The first-order valence-corrected chi connectivity index (χ1v) is 13.5. The van der Waals surface area contributed by atoms with Crippen molar-refractivity contribution in [3.63, 3.8) is 0 Å². The number of carbonyl (C=O) groups is 1. The molecule has 0 aliphatic heterocycles. The van der Waals surface area contributed by atoms with E-state index in [1.54, 1.807) is 6.92 Å². The summed E-state index contributed by atoms with van der Waals surface area (Å²) in [5.41, 5.74) is 1.08. The Balaban J connectivity index is 1.37. The van der Waals surface area contributed by atoms with E-state index >= 15 is 0 Å². The summed E-state index contributed by atoms with van der Waals surface area (Å²) < 4.78 is 46.4. The first-order chi connectivity index (χ1) is 16.7. The van der Waals surface area contributed by atoms with Crippen molar-refractivity contribution in [3.05, 3.63) is 32.4 Å². The van der Waals surface area contributed by atoms with Gasteiger partial charge in [0, 0.05) is 23.9 Å². The van der Waals surface area contributed by atoms with Crippen LogP contribution in [-0.4, -0.2) is 34.0 Å². The van der Waals surface area contributed by atoms with Gasteiger partial charge in [0.2, 0.25) is 0 Å². The number of rotatable bonds is 8. The Bertz CT molecular complexity index is 1100. The minimum absolute atomic E-state index is 0.0390. The van der Waals surface area contributed by atoms with E-state index in [1.165, 1.54) is 20.9 Å². The predicted molar refractivity (Wildman–Crippen MR) is 135 cm³/mol. The molecule has 2 N–H and O–H groups in total. The van der Waals surface area contributed by atoms with Gasteiger partial charge in [0.05, 0.1) is 22.9 Å². The van der Waals surface area contributed by atoms with Crippen molar-refractivity contribution in [1.29, 1.82) is 0 Å². The summed E-state index contributed by atoms with van der Waals surface area (Å²) in [6, 6.07) is 0. The van der Waals surface area contributed by atoms with E-state index in [9.17, 15) is 18.0 Å². The number of alkyl halides is 3. The number of halogens is 4. The standard InChI is InChI=1S/C23H28ClF3N4O2S2/c1-2-33-21(32)16-14-7-4-3-5-8-15(14)35-20(16)29-22(34)28-11-6-12-31-18(13-9-10-13)17(24)19(30-31)23(25,26)27/h13H,2-12H2,1H3,(H2,28,29,34). The highest BCUT2D eigenvalue weighted by Gasteiger charge is 2.41. The van der Waals surface area contributed by atoms with Crippen LogP contribution in [0.2, 0.25) is 5.02 Å². The Kier molecular flexibility index (Phi) is 8.27. The second-order valence-corrected chi connectivity index (χ2v) is 10.7. The SMILES string of the molecule is CCOC(=O)c1c(NC(=S)NCCCn2nc(C(F)(F)F)c(Cl)c2C2CC2)sc2c1CCCCC2. The molecule has 0 saturated heterocycles. The van der Waals surface area contributed by atoms with Gasteiger partial charge in [-0.2, -0.15) is 18.3 Å². The van der Waals surface area contributed by atoms with Crippen molar-refractivity contribution in [2.24, 2.45) is 0 Å². The number of esters is 1. The van der Waals surface area contributed by atoms with Gasteiger partial charge in [-0.05, 0) is 69.7 Å². The fourth-order valence-corrected chi connectivity index (χ4v) is 6.33. The van der Waals surface area contributed by atoms with E-state index < -0.39 is 11.9 Å². The van der Waals surface area contributed by atoms with Crippen LogP contribution in [0.1, 0.15) is 83.6 Å². The van der Waals surface area contributed by atoms with Crippen LogP contribution < -0.4 is 10.6 Å². The normalized spacial score (nSPS) is 15.9. The van der Waals surface area contributed by atoms with Crippen molar-refractivity contribution in [2.75, 3.05) is 18.5 Å². The highest BCUT2D eigenvalue weighted by molar-refractivity contribution is 7.80. The van der Waals surface area contributed by atoms with Crippen molar-refractivity contribution in [3.8, 4) is 0 Å². The van der Waals surface area contributed by atoms with Gasteiger partial charge < -0.3 is 15.4 Å². The Morgan fingerprint density at radius 3 is 2.71 bits per heavy atom. The third kappa shape index (κ3) is 6.11. The summed E-state index contributed by atoms with van der Waals surface area (Å²) in [5, 5.41) is 10.7. The van der Waals surface area contributed by atoms with Gasteiger partial charge in [0.25, 0.3) is 0 Å². The molecule has 0 spiro atoms. The van der Waals surface area contributed by atoms with Gasteiger partial charge in [0.15, 0.2) is 10.8 Å². The summed E-state index contributed by atoms with van der Waals surface area (Å²) in [5.74, 6) is -0.307. The van der Waals surface area contributed by atoms with Gasteiger partial charge in [-0.1, -0.05) is 18.0 Å². The lowest BCUT2D eigenvalue weighted by Crippen LogP contribution is -2.30. The van der Waals surface area contributed by atoms with E-state index in [4.69, 9.17) is 28.6 Å². The Labute approximate surface area is 216 Å². The molecule has 0 bridgehead atoms. The fourth-order valence-electron chi connectivity index (χ4n) is 4.38. The maximum Gasteiger partial charge on any atom is 0.436 e. The van der Waals surface area contributed by atoms with Crippen LogP contribution in [0.5, 0.6) is 0 Å². The molecule has 4 rings (SSSR count). The van der Waals surface area contributed by atoms with Crippen LogP contribution in [0.15, 0.2) is 0 Å². The topological polar surface area (TPSA) is 68.2 Å². The van der Waals surface area contributed by atoms with Crippen LogP contribution in [0, 0.1) is 0 Å². The number of fused-ring (bicyclic) bond motifs is 1. The Hall–Kier alpha value is -1.85. The average Bonchev–Trinajstić information content (AvgIpc) is 3.53. The molecule has 192 valence electrons. The van der Waals surface area contributed by atoms with Crippen molar-refractivity contribution < 1.29 is 22.7 Å². The van der Waals surface area contributed by atoms with Crippen molar-refractivity contribution in [2.45, 2.75) is 76.9 Å². The molecule has 0 amide bonds. The first-order valence-electron chi connectivity index (χ1n) is 11.9. The summed E-state index contributed by atoms with van der Waals surface area (Å²) in [4.78, 5) is 13.9. The summed E-state index contributed by atoms with van der Waals surface area (Å²) in [6.07, 6.45) is 2.62. The zero-order valence-electron chi connectivity index (χ0n) is 19.4. The lowest BCUT2D eigenvalue weighted by Gasteiger charge is -2.12. The number of nitrogens with one attached hydrogen (secondary N) is 2. The number of nitrogens with zero attached hydrogens (tertiary/aromatic N) is 2. The van der Waals surface area contributed by atoms with Gasteiger partial charge in [-0.3, -0.25) is 4.68 Å². The highest BCUT2D eigenvalue weighted by atomic mass is 35.5. The molecular weight excluding hydrogens is 521 g/mol. The Morgan fingerprint density at radius 1 is 1.29 bits per heavy atom. The maximum absolute atomic E-state index is 13.2. The van der Waals surface area contributed by atoms with Gasteiger partial charge in [-0.25, -0.2) is 4.79 Å². The molecule has 0 unspecified atom stereocenters. The van der Waals surface area contributed by atoms with E-state index in [0.29, 0.717) is 47.5 Å². The molecule has 12 heteroatoms. The monoisotopic (exact) mass is 548 g/mol. The molecular formula is C23H28ClF3N4O2S2. The first kappa shape index (κ1) is 26.2. The average molecular weight is 549 g/mol. The molecule has 0 radical (unpaired) electrons. The third-order valence-corrected chi connectivity index (χ3v) is 7.95. The van der Waals surface area contributed by atoms with Crippen LogP contribution in [0.4, 0.5) is 18.2 Å². The van der Waals surface area contributed by atoms with Crippen molar-refractivity contribution in [1.82, 2.24) is 15.1 Å². The molecule has 0 atom stereocenters. The summed E-state index contributed by atoms with van der Waals surface area (Å²) >= 11 is 13.0. The molecule has 1 fully saturated rings. The molecule has 1 saturated carbocycles. The molecule has 2 aliphatic carbocycles. The number of carbonyl (C=O) groups excluding carboxylic acids is 1. The third-order valence-electron chi connectivity index (χ3n) is 6.12. The number of anilines is 1. The zero-order chi connectivity index (χ0) is 25.2. The number of aryl methyl sites for hydroxylation is 2. The fraction of sp³-hybridized carbons (Fsp3) is 0.609. The van der Waals surface area contributed by atoms with E-state index in [2.05, 4.69) is 15.7 Å². The second-order valence-electron chi connectivity index (χ2n) is 8.77. The van der Waals surface area contributed by atoms with Gasteiger partial charge in [-0.15, -0.1) is 11.3 Å².